The number of nitrogens with zero attached hydrogens (tertiary/aromatic N) is 1. The van der Waals surface area contributed by atoms with E-state index in [1.807, 2.05) is 50.4 Å². The van der Waals surface area contributed by atoms with Gasteiger partial charge in [0.1, 0.15) is 11.5 Å². The molecule has 0 radical (unpaired) electrons. The van der Waals surface area contributed by atoms with Crippen LogP contribution in [0.2, 0.25) is 0 Å². The Morgan fingerprint density at radius 1 is 1.14 bits per heavy atom. The van der Waals surface area contributed by atoms with Gasteiger partial charge in [-0.15, -0.1) is 0 Å². The Bertz CT molecular complexity index is 599. The summed E-state index contributed by atoms with van der Waals surface area (Å²) in [6, 6.07) is 13.9. The number of nitrogen functional groups attached to an aromatic ring is 1. The average molecular weight is 286 g/mol. The van der Waals surface area contributed by atoms with Crippen molar-refractivity contribution in [3.8, 4) is 11.5 Å². The molecule has 0 saturated heterocycles. The number of para-hydroxylation sites is 1. The Labute approximate surface area is 126 Å². The van der Waals surface area contributed by atoms with Crippen molar-refractivity contribution in [3.05, 3.63) is 48.0 Å². The fraction of sp³-hybridized carbons (Fsp3) is 0.294. The van der Waals surface area contributed by atoms with Gasteiger partial charge in [-0.2, -0.15) is 0 Å². The predicted molar refractivity (Wildman–Crippen MR) is 87.1 cm³/mol. The summed E-state index contributed by atoms with van der Waals surface area (Å²) in [5, 5.41) is 0. The number of nitrogens with two attached hydrogens (primary N) is 1. The molecular formula is C17H22N2O2. The zero-order valence-corrected chi connectivity index (χ0v) is 12.8. The summed E-state index contributed by atoms with van der Waals surface area (Å²) >= 11 is 0. The second-order valence-electron chi connectivity index (χ2n) is 4.83. The minimum Gasteiger partial charge on any atom is -0.497 e. The van der Waals surface area contributed by atoms with E-state index >= 15 is 0 Å². The van der Waals surface area contributed by atoms with Crippen LogP contribution in [0, 0.1) is 0 Å². The highest BCUT2D eigenvalue weighted by Crippen LogP contribution is 2.32. The highest BCUT2D eigenvalue weighted by molar-refractivity contribution is 5.73. The predicted octanol–water partition coefficient (Wildman–Crippen LogP) is 3.31. The Morgan fingerprint density at radius 3 is 2.62 bits per heavy atom. The SMILES string of the molecule is CCOc1cccc(N(C)Cc2cccc(OC)c2)c1N. The first kappa shape index (κ1) is 15.0. The lowest BCUT2D eigenvalue weighted by atomic mass is 10.1. The quantitative estimate of drug-likeness (QED) is 0.828. The minimum atomic E-state index is 0.604. The van der Waals surface area contributed by atoms with Gasteiger partial charge in [0.15, 0.2) is 0 Å². The molecule has 2 aromatic carbocycles. The van der Waals surface area contributed by atoms with Crippen molar-refractivity contribution in [2.45, 2.75) is 13.5 Å². The van der Waals surface area contributed by atoms with E-state index < -0.39 is 0 Å². The lowest BCUT2D eigenvalue weighted by molar-refractivity contribution is 0.342. The molecular weight excluding hydrogens is 264 g/mol. The molecule has 0 fully saturated rings. The molecule has 4 nitrogen and oxygen atoms in total. The molecule has 112 valence electrons. The van der Waals surface area contributed by atoms with Crippen LogP contribution in [0.3, 0.4) is 0 Å². The van der Waals surface area contributed by atoms with Gasteiger partial charge in [-0.1, -0.05) is 18.2 Å². The topological polar surface area (TPSA) is 47.7 Å². The van der Waals surface area contributed by atoms with E-state index in [-0.39, 0.29) is 0 Å². The van der Waals surface area contributed by atoms with Crippen molar-refractivity contribution in [1.82, 2.24) is 0 Å². The Balaban J connectivity index is 2.19. The molecule has 0 heterocycles. The summed E-state index contributed by atoms with van der Waals surface area (Å²) in [6.45, 7) is 3.30. The van der Waals surface area contributed by atoms with Crippen molar-refractivity contribution < 1.29 is 9.47 Å². The first-order chi connectivity index (χ1) is 10.2. The number of anilines is 2. The number of methoxy groups -OCH3 is 1. The number of rotatable bonds is 6. The van der Waals surface area contributed by atoms with Crippen molar-refractivity contribution in [2.24, 2.45) is 0 Å². The molecule has 2 aromatic rings. The normalized spacial score (nSPS) is 10.2. The Morgan fingerprint density at radius 2 is 1.90 bits per heavy atom. The van der Waals surface area contributed by atoms with E-state index in [2.05, 4.69) is 11.0 Å². The molecule has 0 unspecified atom stereocenters. The van der Waals surface area contributed by atoms with Crippen molar-refractivity contribution in [1.29, 1.82) is 0 Å². The number of benzene rings is 2. The van der Waals surface area contributed by atoms with Crippen LogP contribution in [0.5, 0.6) is 11.5 Å². The molecule has 2 N–H and O–H groups in total. The minimum absolute atomic E-state index is 0.604. The van der Waals surface area contributed by atoms with E-state index in [1.54, 1.807) is 7.11 Å². The first-order valence-electron chi connectivity index (χ1n) is 7.01. The highest BCUT2D eigenvalue weighted by Gasteiger charge is 2.10. The van der Waals surface area contributed by atoms with Crippen LogP contribution in [0.15, 0.2) is 42.5 Å². The summed E-state index contributed by atoms with van der Waals surface area (Å²) in [4.78, 5) is 2.10. The van der Waals surface area contributed by atoms with Crippen molar-refractivity contribution >= 4 is 11.4 Å². The van der Waals surface area contributed by atoms with E-state index in [0.29, 0.717) is 12.3 Å². The number of hydrogen-bond donors (Lipinski definition) is 1. The zero-order valence-electron chi connectivity index (χ0n) is 12.8. The molecule has 2 rings (SSSR count). The van der Waals surface area contributed by atoms with Gasteiger partial charge in [-0.3, -0.25) is 0 Å². The molecule has 0 amide bonds. The Hall–Kier alpha value is -2.36. The summed E-state index contributed by atoms with van der Waals surface area (Å²) in [5.74, 6) is 1.59. The standard InChI is InChI=1S/C17H22N2O2/c1-4-21-16-10-6-9-15(17(16)18)19(2)12-13-7-5-8-14(11-13)20-3/h5-11H,4,12,18H2,1-3H3. The lowest BCUT2D eigenvalue weighted by Crippen LogP contribution is -2.18. The third-order valence-electron chi connectivity index (χ3n) is 3.31. The largest absolute Gasteiger partial charge is 0.497 e. The van der Waals surface area contributed by atoms with Crippen molar-refractivity contribution in [2.75, 3.05) is 31.4 Å². The van der Waals surface area contributed by atoms with Crippen LogP contribution < -0.4 is 20.1 Å². The van der Waals surface area contributed by atoms with E-state index in [4.69, 9.17) is 15.2 Å². The second-order valence-corrected chi connectivity index (χ2v) is 4.83. The summed E-state index contributed by atoms with van der Waals surface area (Å²) in [6.07, 6.45) is 0. The fourth-order valence-electron chi connectivity index (χ4n) is 2.28. The molecule has 0 aromatic heterocycles. The van der Waals surface area contributed by atoms with Crippen LogP contribution in [0.25, 0.3) is 0 Å². The van der Waals surface area contributed by atoms with Crippen LogP contribution in [-0.4, -0.2) is 20.8 Å². The third-order valence-corrected chi connectivity index (χ3v) is 3.31. The maximum Gasteiger partial charge on any atom is 0.144 e. The maximum absolute atomic E-state index is 6.19. The summed E-state index contributed by atoms with van der Waals surface area (Å²) in [5.41, 5.74) is 8.99. The van der Waals surface area contributed by atoms with Gasteiger partial charge in [0.2, 0.25) is 0 Å². The number of ether oxygens (including phenoxy) is 2. The van der Waals surface area contributed by atoms with Crippen LogP contribution in [0.4, 0.5) is 11.4 Å². The first-order valence-corrected chi connectivity index (χ1v) is 7.01. The van der Waals surface area contributed by atoms with Gasteiger partial charge in [-0.05, 0) is 36.8 Å². The lowest BCUT2D eigenvalue weighted by Gasteiger charge is -2.22. The van der Waals surface area contributed by atoms with E-state index in [9.17, 15) is 0 Å². The fourth-order valence-corrected chi connectivity index (χ4v) is 2.28. The highest BCUT2D eigenvalue weighted by atomic mass is 16.5. The van der Waals surface area contributed by atoms with Crippen LogP contribution >= 0.6 is 0 Å². The van der Waals surface area contributed by atoms with Gasteiger partial charge < -0.3 is 20.1 Å². The van der Waals surface area contributed by atoms with Gasteiger partial charge in [0.25, 0.3) is 0 Å². The smallest absolute Gasteiger partial charge is 0.144 e. The molecule has 0 saturated carbocycles. The Kier molecular flexibility index (Phi) is 4.93. The molecule has 0 aliphatic rings. The van der Waals surface area contributed by atoms with E-state index in [1.165, 1.54) is 0 Å². The van der Waals surface area contributed by atoms with E-state index in [0.717, 1.165) is 29.3 Å². The molecule has 0 spiro atoms. The van der Waals surface area contributed by atoms with Gasteiger partial charge in [0, 0.05) is 13.6 Å². The van der Waals surface area contributed by atoms with Gasteiger partial charge in [-0.25, -0.2) is 0 Å². The molecule has 21 heavy (non-hydrogen) atoms. The average Bonchev–Trinajstić information content (AvgIpc) is 2.49. The second kappa shape index (κ2) is 6.88. The molecule has 0 atom stereocenters. The number of hydrogen-bond acceptors (Lipinski definition) is 4. The third kappa shape index (κ3) is 3.60. The zero-order chi connectivity index (χ0) is 15.2. The van der Waals surface area contributed by atoms with Gasteiger partial charge >= 0.3 is 0 Å². The van der Waals surface area contributed by atoms with Crippen LogP contribution in [-0.2, 0) is 6.54 Å². The summed E-state index contributed by atoms with van der Waals surface area (Å²) in [7, 11) is 3.69. The van der Waals surface area contributed by atoms with Gasteiger partial charge in [0.05, 0.1) is 25.1 Å². The maximum atomic E-state index is 6.19. The molecule has 0 aliphatic heterocycles. The van der Waals surface area contributed by atoms with Crippen molar-refractivity contribution in [3.63, 3.8) is 0 Å². The molecule has 4 heteroatoms. The summed E-state index contributed by atoms with van der Waals surface area (Å²) < 4.78 is 10.8. The van der Waals surface area contributed by atoms with Crippen LogP contribution in [0.1, 0.15) is 12.5 Å². The molecule has 0 aliphatic carbocycles. The monoisotopic (exact) mass is 286 g/mol. The molecule has 0 bridgehead atoms.